The zero-order valence-corrected chi connectivity index (χ0v) is 11.9. The third-order valence-corrected chi connectivity index (χ3v) is 2.88. The van der Waals surface area contributed by atoms with Crippen LogP contribution < -0.4 is 4.90 Å². The third kappa shape index (κ3) is 3.82. The molecule has 1 aromatic heterocycles. The van der Waals surface area contributed by atoms with Crippen LogP contribution in [0, 0.1) is 6.92 Å². The van der Waals surface area contributed by atoms with Crippen LogP contribution in [0.15, 0.2) is 6.08 Å². The molecule has 0 aliphatic carbocycles. The molecule has 0 aromatic carbocycles. The van der Waals surface area contributed by atoms with Crippen molar-refractivity contribution >= 4 is 17.9 Å². The van der Waals surface area contributed by atoms with Gasteiger partial charge >= 0.3 is 5.97 Å². The molecule has 0 fully saturated rings. The van der Waals surface area contributed by atoms with Crippen LogP contribution in [0.25, 0.3) is 6.08 Å². The molecule has 0 saturated heterocycles. The molecule has 0 atom stereocenters. The summed E-state index contributed by atoms with van der Waals surface area (Å²) >= 11 is 0. The van der Waals surface area contributed by atoms with Gasteiger partial charge in [-0.3, -0.25) is 4.68 Å². The normalized spacial score (nSPS) is 11.2. The number of hydrogen-bond donors (Lipinski definition) is 1. The third-order valence-electron chi connectivity index (χ3n) is 2.88. The van der Waals surface area contributed by atoms with Gasteiger partial charge in [0, 0.05) is 38.9 Å². The summed E-state index contributed by atoms with van der Waals surface area (Å²) in [4.78, 5) is 12.8. The molecule has 1 N–H and O–H groups in total. The Kier molecular flexibility index (Phi) is 5.57. The Balaban J connectivity index is 3.13. The first-order chi connectivity index (χ1) is 9.01. The van der Waals surface area contributed by atoms with E-state index in [0.717, 1.165) is 36.2 Å². The highest BCUT2D eigenvalue weighted by atomic mass is 16.5. The first-order valence-electron chi connectivity index (χ1n) is 6.19. The van der Waals surface area contributed by atoms with E-state index in [0.29, 0.717) is 6.61 Å². The van der Waals surface area contributed by atoms with Crippen molar-refractivity contribution < 1.29 is 14.6 Å². The number of ether oxygens (including phenoxy) is 1. The minimum absolute atomic E-state index is 0.611. The molecule has 0 unspecified atom stereocenters. The number of carboxylic acids is 1. The summed E-state index contributed by atoms with van der Waals surface area (Å²) in [5.41, 5.74) is 1.65. The lowest BCUT2D eigenvalue weighted by molar-refractivity contribution is -0.131. The Morgan fingerprint density at radius 3 is 2.79 bits per heavy atom. The number of nitrogens with zero attached hydrogens (tertiary/aromatic N) is 3. The summed E-state index contributed by atoms with van der Waals surface area (Å²) in [6, 6.07) is 0. The number of carbonyl (C=O) groups is 1. The van der Waals surface area contributed by atoms with Gasteiger partial charge in [0.05, 0.1) is 12.3 Å². The predicted molar refractivity (Wildman–Crippen MR) is 74.4 cm³/mol. The predicted octanol–water partition coefficient (Wildman–Crippen LogP) is 1.30. The Labute approximate surface area is 113 Å². The van der Waals surface area contributed by atoms with Gasteiger partial charge in [-0.2, -0.15) is 5.10 Å². The Bertz CT molecular complexity index is 466. The van der Waals surface area contributed by atoms with Crippen LogP contribution in [-0.4, -0.2) is 47.7 Å². The summed E-state index contributed by atoms with van der Waals surface area (Å²) in [6.45, 7) is 6.06. The standard InChI is InChI=1S/C13H21N3O3/c1-5-16(8-9-19-4)13-11(6-7-12(17)18)10(2)14-15(13)3/h6-7H,5,8-9H2,1-4H3,(H,17,18)/b7-6+. The van der Waals surface area contributed by atoms with E-state index in [9.17, 15) is 4.79 Å². The molecule has 0 amide bonds. The maximum Gasteiger partial charge on any atom is 0.328 e. The van der Waals surface area contributed by atoms with E-state index >= 15 is 0 Å². The monoisotopic (exact) mass is 267 g/mol. The molecule has 0 radical (unpaired) electrons. The second kappa shape index (κ2) is 6.94. The smallest absolute Gasteiger partial charge is 0.328 e. The second-order valence-electron chi connectivity index (χ2n) is 4.19. The number of methoxy groups -OCH3 is 1. The summed E-state index contributed by atoms with van der Waals surface area (Å²) in [5, 5.41) is 13.1. The number of likely N-dealkylation sites (N-methyl/N-ethyl adjacent to an activating group) is 1. The molecule has 0 aliphatic rings. The molecule has 0 saturated carbocycles. The maximum absolute atomic E-state index is 10.7. The molecule has 1 aromatic rings. The summed E-state index contributed by atoms with van der Waals surface area (Å²) in [5.74, 6) is -0.0521. The summed E-state index contributed by atoms with van der Waals surface area (Å²) in [7, 11) is 3.52. The topological polar surface area (TPSA) is 67.6 Å². The Hall–Kier alpha value is -1.82. The Morgan fingerprint density at radius 1 is 1.58 bits per heavy atom. The lowest BCUT2D eigenvalue weighted by atomic mass is 10.2. The molecule has 0 spiro atoms. The van der Waals surface area contributed by atoms with Crippen LogP contribution in [0.1, 0.15) is 18.2 Å². The van der Waals surface area contributed by atoms with E-state index in [2.05, 4.69) is 10.00 Å². The van der Waals surface area contributed by atoms with E-state index in [4.69, 9.17) is 9.84 Å². The van der Waals surface area contributed by atoms with E-state index in [1.165, 1.54) is 0 Å². The fraction of sp³-hybridized carbons (Fsp3) is 0.538. The first kappa shape index (κ1) is 15.2. The van der Waals surface area contributed by atoms with Crippen molar-refractivity contribution in [1.29, 1.82) is 0 Å². The van der Waals surface area contributed by atoms with E-state index in [-0.39, 0.29) is 0 Å². The lowest BCUT2D eigenvalue weighted by Gasteiger charge is -2.23. The van der Waals surface area contributed by atoms with E-state index in [1.54, 1.807) is 17.9 Å². The first-order valence-corrected chi connectivity index (χ1v) is 6.19. The van der Waals surface area contributed by atoms with Gasteiger partial charge in [-0.05, 0) is 19.9 Å². The van der Waals surface area contributed by atoms with Crippen molar-refractivity contribution in [3.05, 3.63) is 17.3 Å². The molecule has 1 heterocycles. The number of anilines is 1. The Morgan fingerprint density at radius 2 is 2.26 bits per heavy atom. The number of rotatable bonds is 7. The average Bonchev–Trinajstić information content (AvgIpc) is 2.63. The van der Waals surface area contributed by atoms with Crippen molar-refractivity contribution in [1.82, 2.24) is 9.78 Å². The van der Waals surface area contributed by atoms with Crippen LogP contribution in [0.3, 0.4) is 0 Å². The van der Waals surface area contributed by atoms with Gasteiger partial charge in [-0.25, -0.2) is 4.79 Å². The number of carboxylic acid groups (broad SMARTS) is 1. The highest BCUT2D eigenvalue weighted by Gasteiger charge is 2.16. The summed E-state index contributed by atoms with van der Waals surface area (Å²) in [6.07, 6.45) is 2.73. The molecular formula is C13H21N3O3. The van der Waals surface area contributed by atoms with Crippen molar-refractivity contribution in [2.75, 3.05) is 31.7 Å². The van der Waals surface area contributed by atoms with Gasteiger partial charge in [0.1, 0.15) is 5.82 Å². The number of aromatic nitrogens is 2. The molecule has 0 aliphatic heterocycles. The quantitative estimate of drug-likeness (QED) is 0.754. The number of aliphatic carboxylic acids is 1. The number of aryl methyl sites for hydroxylation is 2. The highest BCUT2D eigenvalue weighted by molar-refractivity contribution is 5.87. The zero-order chi connectivity index (χ0) is 14.4. The fourth-order valence-electron chi connectivity index (χ4n) is 2.00. The van der Waals surface area contributed by atoms with Crippen LogP contribution in [0.4, 0.5) is 5.82 Å². The van der Waals surface area contributed by atoms with Gasteiger partial charge < -0.3 is 14.7 Å². The van der Waals surface area contributed by atoms with Crippen molar-refractivity contribution in [2.45, 2.75) is 13.8 Å². The minimum Gasteiger partial charge on any atom is -0.478 e. The molecule has 0 bridgehead atoms. The van der Waals surface area contributed by atoms with Gasteiger partial charge in [-0.1, -0.05) is 0 Å². The lowest BCUT2D eigenvalue weighted by Crippen LogP contribution is -2.29. The van der Waals surface area contributed by atoms with Crippen molar-refractivity contribution in [3.63, 3.8) is 0 Å². The molecular weight excluding hydrogens is 246 g/mol. The van der Waals surface area contributed by atoms with Crippen molar-refractivity contribution in [2.24, 2.45) is 7.05 Å². The van der Waals surface area contributed by atoms with Gasteiger partial charge in [0.25, 0.3) is 0 Å². The van der Waals surface area contributed by atoms with Gasteiger partial charge in [0.2, 0.25) is 0 Å². The molecule has 6 nitrogen and oxygen atoms in total. The van der Waals surface area contributed by atoms with Crippen LogP contribution in [-0.2, 0) is 16.6 Å². The molecule has 106 valence electrons. The van der Waals surface area contributed by atoms with Crippen LogP contribution in [0.5, 0.6) is 0 Å². The molecule has 1 rings (SSSR count). The number of hydrogen-bond acceptors (Lipinski definition) is 4. The second-order valence-corrected chi connectivity index (χ2v) is 4.19. The van der Waals surface area contributed by atoms with Crippen molar-refractivity contribution in [3.8, 4) is 0 Å². The fourth-order valence-corrected chi connectivity index (χ4v) is 2.00. The average molecular weight is 267 g/mol. The van der Waals surface area contributed by atoms with Gasteiger partial charge in [0.15, 0.2) is 0 Å². The highest BCUT2D eigenvalue weighted by Crippen LogP contribution is 2.24. The van der Waals surface area contributed by atoms with Crippen LogP contribution in [0.2, 0.25) is 0 Å². The SMILES string of the molecule is CCN(CCOC)c1c(/C=C/C(=O)O)c(C)nn1C. The van der Waals surface area contributed by atoms with E-state index < -0.39 is 5.97 Å². The van der Waals surface area contributed by atoms with E-state index in [1.807, 2.05) is 20.9 Å². The van der Waals surface area contributed by atoms with Gasteiger partial charge in [-0.15, -0.1) is 0 Å². The molecule has 19 heavy (non-hydrogen) atoms. The zero-order valence-electron chi connectivity index (χ0n) is 11.9. The largest absolute Gasteiger partial charge is 0.478 e. The maximum atomic E-state index is 10.7. The van der Waals surface area contributed by atoms with Crippen LogP contribution >= 0.6 is 0 Å². The summed E-state index contributed by atoms with van der Waals surface area (Å²) < 4.78 is 6.87. The minimum atomic E-state index is -0.964. The molecule has 6 heteroatoms.